The van der Waals surface area contributed by atoms with E-state index in [1.807, 2.05) is 54.6 Å². The Hall–Kier alpha value is -2.66. The van der Waals surface area contributed by atoms with Crippen LogP contribution in [0.5, 0.6) is 0 Å². The summed E-state index contributed by atoms with van der Waals surface area (Å²) in [7, 11) is 0. The predicted molar refractivity (Wildman–Crippen MR) is 100 cm³/mol. The molecule has 0 spiro atoms. The Morgan fingerprint density at radius 2 is 1.85 bits per heavy atom. The zero-order valence-corrected chi connectivity index (χ0v) is 15.2. The average Bonchev–Trinajstić information content (AvgIpc) is 3.08. The summed E-state index contributed by atoms with van der Waals surface area (Å²) >= 11 is 5.88. The van der Waals surface area contributed by atoms with E-state index in [0.29, 0.717) is 23.3 Å². The fourth-order valence-corrected chi connectivity index (χ4v) is 2.87. The van der Waals surface area contributed by atoms with Crippen molar-refractivity contribution in [3.8, 4) is 0 Å². The molecule has 0 radical (unpaired) electrons. The number of aromatic nitrogens is 2. The average molecular weight is 370 g/mol. The number of hydrogen-bond acceptors (Lipinski definition) is 4. The van der Waals surface area contributed by atoms with Crippen LogP contribution in [0.2, 0.25) is 5.02 Å². The van der Waals surface area contributed by atoms with E-state index in [9.17, 15) is 4.79 Å². The third-order valence-electron chi connectivity index (χ3n) is 4.08. The number of benzene rings is 2. The first-order chi connectivity index (χ1) is 12.6. The number of nitrogens with zero attached hydrogens (tertiary/aromatic N) is 2. The van der Waals surface area contributed by atoms with Crippen LogP contribution in [0.3, 0.4) is 0 Å². The minimum atomic E-state index is -0.257. The number of hydrogen-bond donors (Lipinski definition) is 1. The summed E-state index contributed by atoms with van der Waals surface area (Å²) in [6, 6.07) is 17.4. The van der Waals surface area contributed by atoms with E-state index in [2.05, 4.69) is 15.5 Å². The fraction of sp³-hybridized carbons (Fsp3) is 0.250. The van der Waals surface area contributed by atoms with Gasteiger partial charge in [0.25, 0.3) is 0 Å². The van der Waals surface area contributed by atoms with Gasteiger partial charge < -0.3 is 9.73 Å². The number of rotatable bonds is 7. The first-order valence-corrected chi connectivity index (χ1v) is 8.85. The number of carbonyl (C=O) groups is 1. The quantitative estimate of drug-likeness (QED) is 0.685. The van der Waals surface area contributed by atoms with Crippen molar-refractivity contribution in [2.24, 2.45) is 0 Å². The molecule has 3 aromatic rings. The van der Waals surface area contributed by atoms with Crippen LogP contribution in [0.1, 0.15) is 35.2 Å². The number of nitrogens with one attached hydrogen (secondary N) is 1. The van der Waals surface area contributed by atoms with Gasteiger partial charge in [0.1, 0.15) is 0 Å². The van der Waals surface area contributed by atoms with Crippen molar-refractivity contribution in [1.29, 1.82) is 0 Å². The Morgan fingerprint density at radius 3 is 2.50 bits per heavy atom. The normalized spacial score (nSPS) is 11.9. The van der Waals surface area contributed by atoms with Gasteiger partial charge in [-0.2, -0.15) is 0 Å². The van der Waals surface area contributed by atoms with Crippen LogP contribution in [0, 0.1) is 6.92 Å². The van der Waals surface area contributed by atoms with Crippen molar-refractivity contribution in [3.63, 3.8) is 0 Å². The second-order valence-corrected chi connectivity index (χ2v) is 6.49. The highest BCUT2D eigenvalue weighted by atomic mass is 35.5. The summed E-state index contributed by atoms with van der Waals surface area (Å²) in [4.78, 5) is 12.4. The third-order valence-corrected chi connectivity index (χ3v) is 4.33. The molecule has 1 atom stereocenters. The van der Waals surface area contributed by atoms with Crippen LogP contribution < -0.4 is 5.32 Å². The molecular formula is C20H20ClN3O2. The third kappa shape index (κ3) is 4.92. The Labute approximate surface area is 157 Å². The molecule has 6 heteroatoms. The zero-order valence-electron chi connectivity index (χ0n) is 14.5. The van der Waals surface area contributed by atoms with E-state index in [1.165, 1.54) is 0 Å². The summed E-state index contributed by atoms with van der Waals surface area (Å²) in [5.41, 5.74) is 2.10. The maximum atomic E-state index is 12.4. The number of halogens is 1. The number of amides is 1. The Bertz CT molecular complexity index is 847. The van der Waals surface area contributed by atoms with E-state index in [-0.39, 0.29) is 18.2 Å². The van der Waals surface area contributed by atoms with Crippen molar-refractivity contribution in [2.45, 2.75) is 25.7 Å². The zero-order chi connectivity index (χ0) is 18.4. The van der Waals surface area contributed by atoms with Gasteiger partial charge in [-0.25, -0.2) is 0 Å². The Balaban J connectivity index is 1.61. The van der Waals surface area contributed by atoms with Crippen molar-refractivity contribution in [1.82, 2.24) is 15.5 Å². The van der Waals surface area contributed by atoms with Crippen LogP contribution in [-0.2, 0) is 11.2 Å². The van der Waals surface area contributed by atoms with E-state index >= 15 is 0 Å². The van der Waals surface area contributed by atoms with Crippen LogP contribution in [0.15, 0.2) is 59.0 Å². The highest BCUT2D eigenvalue weighted by molar-refractivity contribution is 6.30. The van der Waals surface area contributed by atoms with Gasteiger partial charge in [-0.3, -0.25) is 4.79 Å². The molecule has 5 nitrogen and oxygen atoms in total. The van der Waals surface area contributed by atoms with Gasteiger partial charge in [-0.05, 0) is 29.7 Å². The summed E-state index contributed by atoms with van der Waals surface area (Å²) < 4.78 is 5.57. The lowest BCUT2D eigenvalue weighted by Gasteiger charge is -2.13. The second-order valence-electron chi connectivity index (χ2n) is 6.05. The van der Waals surface area contributed by atoms with Crippen LogP contribution in [-0.4, -0.2) is 22.6 Å². The topological polar surface area (TPSA) is 68.0 Å². The second kappa shape index (κ2) is 8.63. The van der Waals surface area contributed by atoms with E-state index < -0.39 is 0 Å². The molecule has 0 aliphatic heterocycles. The SMILES string of the molecule is Cc1nnc(C(CC(=O)NCCc2ccc(Cl)cc2)c2ccccc2)o1. The molecule has 0 aliphatic carbocycles. The van der Waals surface area contributed by atoms with E-state index in [0.717, 1.165) is 17.5 Å². The molecule has 0 aliphatic rings. The first kappa shape index (κ1) is 18.1. The summed E-state index contributed by atoms with van der Waals surface area (Å²) in [5, 5.41) is 11.7. The van der Waals surface area contributed by atoms with Gasteiger partial charge in [0, 0.05) is 24.9 Å². The Kier molecular flexibility index (Phi) is 6.02. The highest BCUT2D eigenvalue weighted by Gasteiger charge is 2.23. The van der Waals surface area contributed by atoms with Gasteiger partial charge in [0.2, 0.25) is 17.7 Å². The minimum Gasteiger partial charge on any atom is -0.425 e. The van der Waals surface area contributed by atoms with Crippen molar-refractivity contribution in [3.05, 3.63) is 82.5 Å². The van der Waals surface area contributed by atoms with Gasteiger partial charge >= 0.3 is 0 Å². The van der Waals surface area contributed by atoms with Gasteiger partial charge in [0.15, 0.2) is 0 Å². The van der Waals surface area contributed by atoms with Gasteiger partial charge in [-0.15, -0.1) is 10.2 Å². The van der Waals surface area contributed by atoms with Crippen LogP contribution in [0.4, 0.5) is 0 Å². The molecule has 3 rings (SSSR count). The maximum absolute atomic E-state index is 12.4. The monoisotopic (exact) mass is 369 g/mol. The predicted octanol–water partition coefficient (Wildman–Crippen LogP) is 3.91. The van der Waals surface area contributed by atoms with Crippen LogP contribution >= 0.6 is 11.6 Å². The van der Waals surface area contributed by atoms with E-state index in [1.54, 1.807) is 6.92 Å². The summed E-state index contributed by atoms with van der Waals surface area (Å²) in [5.74, 6) is 0.641. The number of carbonyl (C=O) groups excluding carboxylic acids is 1. The standard InChI is InChI=1S/C20H20ClN3O2/c1-14-23-24-20(26-14)18(16-5-3-2-4-6-16)13-19(25)22-12-11-15-7-9-17(21)10-8-15/h2-10,18H,11-13H2,1H3,(H,22,25). The molecule has 1 amide bonds. The molecule has 1 aromatic heterocycles. The van der Waals surface area contributed by atoms with Gasteiger partial charge in [-0.1, -0.05) is 54.1 Å². The van der Waals surface area contributed by atoms with Gasteiger partial charge in [0.05, 0.1) is 5.92 Å². The van der Waals surface area contributed by atoms with Crippen molar-refractivity contribution < 1.29 is 9.21 Å². The molecule has 1 heterocycles. The Morgan fingerprint density at radius 1 is 1.12 bits per heavy atom. The molecule has 0 saturated heterocycles. The van der Waals surface area contributed by atoms with E-state index in [4.69, 9.17) is 16.0 Å². The minimum absolute atomic E-state index is 0.0522. The smallest absolute Gasteiger partial charge is 0.224 e. The molecule has 2 aromatic carbocycles. The molecule has 1 unspecified atom stereocenters. The lowest BCUT2D eigenvalue weighted by molar-refractivity contribution is -0.121. The molecule has 26 heavy (non-hydrogen) atoms. The van der Waals surface area contributed by atoms with Crippen molar-refractivity contribution >= 4 is 17.5 Å². The first-order valence-electron chi connectivity index (χ1n) is 8.48. The lowest BCUT2D eigenvalue weighted by atomic mass is 9.95. The molecule has 134 valence electrons. The molecule has 1 N–H and O–H groups in total. The molecule has 0 fully saturated rings. The summed E-state index contributed by atoms with van der Waals surface area (Å²) in [6.45, 7) is 2.30. The largest absolute Gasteiger partial charge is 0.425 e. The molecule has 0 bridgehead atoms. The highest BCUT2D eigenvalue weighted by Crippen LogP contribution is 2.26. The van der Waals surface area contributed by atoms with Crippen LogP contribution in [0.25, 0.3) is 0 Å². The van der Waals surface area contributed by atoms with Crippen molar-refractivity contribution in [2.75, 3.05) is 6.54 Å². The molecule has 0 saturated carbocycles. The fourth-order valence-electron chi connectivity index (χ4n) is 2.74. The summed E-state index contributed by atoms with van der Waals surface area (Å²) in [6.07, 6.45) is 1.00. The number of aryl methyl sites for hydroxylation is 1. The molecular weight excluding hydrogens is 350 g/mol. The lowest BCUT2D eigenvalue weighted by Crippen LogP contribution is -2.27. The maximum Gasteiger partial charge on any atom is 0.224 e.